The smallest absolute Gasteiger partial charge is 0.338 e. The van der Waals surface area contributed by atoms with Crippen LogP contribution in [-0.2, 0) is 22.4 Å². The summed E-state index contributed by atoms with van der Waals surface area (Å²) >= 11 is 0. The first-order valence-corrected chi connectivity index (χ1v) is 9.59. The number of esters is 1. The largest absolute Gasteiger partial charge is 0.449 e. The molecule has 0 saturated heterocycles. The molecule has 0 radical (unpaired) electrons. The average Bonchev–Trinajstić information content (AvgIpc) is 2.68. The highest BCUT2D eigenvalue weighted by atomic mass is 16.5. The van der Waals surface area contributed by atoms with Crippen LogP contribution in [0.25, 0.3) is 0 Å². The SMILES string of the molecule is C[C@H](OC(=O)c1ccc2c(c1)CCCC2)C(=O)NC1(C#N)CCCCC1. The summed E-state index contributed by atoms with van der Waals surface area (Å²) in [5.74, 6) is -0.893. The number of benzene rings is 1. The second-order valence-corrected chi connectivity index (χ2v) is 7.48. The van der Waals surface area contributed by atoms with E-state index >= 15 is 0 Å². The van der Waals surface area contributed by atoms with E-state index in [1.54, 1.807) is 13.0 Å². The van der Waals surface area contributed by atoms with Gasteiger partial charge in [-0.15, -0.1) is 0 Å². The Morgan fingerprint density at radius 1 is 1.12 bits per heavy atom. The third kappa shape index (κ3) is 4.07. The molecule has 1 fully saturated rings. The molecule has 5 heteroatoms. The zero-order valence-electron chi connectivity index (χ0n) is 15.3. The van der Waals surface area contributed by atoms with Crippen LogP contribution in [0.15, 0.2) is 18.2 Å². The number of amides is 1. The van der Waals surface area contributed by atoms with Gasteiger partial charge in [-0.3, -0.25) is 4.79 Å². The molecule has 1 amide bonds. The van der Waals surface area contributed by atoms with Crippen molar-refractivity contribution in [1.29, 1.82) is 5.26 Å². The van der Waals surface area contributed by atoms with E-state index in [2.05, 4.69) is 11.4 Å². The van der Waals surface area contributed by atoms with Crippen molar-refractivity contribution in [3.8, 4) is 6.07 Å². The monoisotopic (exact) mass is 354 g/mol. The van der Waals surface area contributed by atoms with Crippen molar-refractivity contribution >= 4 is 11.9 Å². The van der Waals surface area contributed by atoms with E-state index in [9.17, 15) is 14.9 Å². The van der Waals surface area contributed by atoms with Gasteiger partial charge < -0.3 is 10.1 Å². The number of nitriles is 1. The van der Waals surface area contributed by atoms with Crippen LogP contribution < -0.4 is 5.32 Å². The van der Waals surface area contributed by atoms with Gasteiger partial charge in [0.15, 0.2) is 6.10 Å². The minimum atomic E-state index is -0.925. The number of ether oxygens (including phenoxy) is 1. The first-order chi connectivity index (χ1) is 12.5. The zero-order chi connectivity index (χ0) is 18.6. The van der Waals surface area contributed by atoms with Gasteiger partial charge in [0.05, 0.1) is 11.6 Å². The van der Waals surface area contributed by atoms with Gasteiger partial charge in [-0.25, -0.2) is 4.79 Å². The van der Waals surface area contributed by atoms with Crippen LogP contribution in [0.3, 0.4) is 0 Å². The van der Waals surface area contributed by atoms with Gasteiger partial charge in [0.1, 0.15) is 5.54 Å². The molecule has 0 aliphatic heterocycles. The van der Waals surface area contributed by atoms with Crippen LogP contribution in [-0.4, -0.2) is 23.5 Å². The summed E-state index contributed by atoms with van der Waals surface area (Å²) in [6.07, 6.45) is 7.69. The molecule has 1 saturated carbocycles. The molecule has 138 valence electrons. The quantitative estimate of drug-likeness (QED) is 0.840. The summed E-state index contributed by atoms with van der Waals surface area (Å²) in [5, 5.41) is 12.3. The van der Waals surface area contributed by atoms with Gasteiger partial charge in [-0.2, -0.15) is 5.26 Å². The van der Waals surface area contributed by atoms with Crippen molar-refractivity contribution in [3.63, 3.8) is 0 Å². The minimum absolute atomic E-state index is 0.403. The molecular formula is C21H26N2O3. The Morgan fingerprint density at radius 3 is 2.50 bits per heavy atom. The van der Waals surface area contributed by atoms with Gasteiger partial charge in [-0.05, 0) is 68.7 Å². The van der Waals surface area contributed by atoms with Gasteiger partial charge in [0.2, 0.25) is 0 Å². The van der Waals surface area contributed by atoms with E-state index in [0.29, 0.717) is 18.4 Å². The number of nitrogens with zero attached hydrogens (tertiary/aromatic N) is 1. The first kappa shape index (κ1) is 18.4. The Bertz CT molecular complexity index is 729. The van der Waals surface area contributed by atoms with Gasteiger partial charge in [0.25, 0.3) is 5.91 Å². The van der Waals surface area contributed by atoms with Crippen LogP contribution in [0.4, 0.5) is 0 Å². The second kappa shape index (κ2) is 7.90. The Kier molecular flexibility index (Phi) is 5.61. The lowest BCUT2D eigenvalue weighted by atomic mass is 9.83. The third-order valence-electron chi connectivity index (χ3n) is 5.52. The fourth-order valence-corrected chi connectivity index (χ4v) is 3.90. The van der Waals surface area contributed by atoms with Crippen molar-refractivity contribution in [2.75, 3.05) is 0 Å². The van der Waals surface area contributed by atoms with Crippen molar-refractivity contribution in [1.82, 2.24) is 5.32 Å². The van der Waals surface area contributed by atoms with Gasteiger partial charge in [-0.1, -0.05) is 25.3 Å². The summed E-state index contributed by atoms with van der Waals surface area (Å²) in [6.45, 7) is 1.56. The summed E-state index contributed by atoms with van der Waals surface area (Å²) in [7, 11) is 0. The number of nitrogens with one attached hydrogen (secondary N) is 1. The standard InChI is InChI=1S/C21H26N2O3/c1-15(19(24)23-21(14-22)11-5-2-6-12-21)26-20(25)18-10-9-16-7-3-4-8-17(16)13-18/h9-10,13,15H,2-8,11-12H2,1H3,(H,23,24)/t15-/m0/s1. The number of aryl methyl sites for hydroxylation is 2. The molecule has 0 heterocycles. The Balaban J connectivity index is 1.61. The molecule has 1 aromatic rings. The highest BCUT2D eigenvalue weighted by molar-refractivity contribution is 5.92. The number of fused-ring (bicyclic) bond motifs is 1. The van der Waals surface area contributed by atoms with Crippen molar-refractivity contribution < 1.29 is 14.3 Å². The van der Waals surface area contributed by atoms with Gasteiger partial charge >= 0.3 is 5.97 Å². The van der Waals surface area contributed by atoms with E-state index in [-0.39, 0.29) is 0 Å². The van der Waals surface area contributed by atoms with Crippen molar-refractivity contribution in [3.05, 3.63) is 34.9 Å². The normalized spacial score (nSPS) is 19.5. The van der Waals surface area contributed by atoms with Crippen LogP contribution in [0.1, 0.15) is 73.4 Å². The third-order valence-corrected chi connectivity index (χ3v) is 5.52. The number of carbonyl (C=O) groups excluding carboxylic acids is 2. The van der Waals surface area contributed by atoms with Crippen LogP contribution in [0, 0.1) is 11.3 Å². The highest BCUT2D eigenvalue weighted by Crippen LogP contribution is 2.28. The first-order valence-electron chi connectivity index (χ1n) is 9.59. The maximum Gasteiger partial charge on any atom is 0.338 e. The topological polar surface area (TPSA) is 79.2 Å². The predicted octanol–water partition coefficient (Wildman–Crippen LogP) is 3.45. The predicted molar refractivity (Wildman–Crippen MR) is 97.5 cm³/mol. The Morgan fingerprint density at radius 2 is 1.81 bits per heavy atom. The maximum absolute atomic E-state index is 12.4. The number of hydrogen-bond donors (Lipinski definition) is 1. The maximum atomic E-state index is 12.4. The molecule has 1 N–H and O–H groups in total. The number of carbonyl (C=O) groups is 2. The van der Waals surface area contributed by atoms with Gasteiger partial charge in [0, 0.05) is 0 Å². The minimum Gasteiger partial charge on any atom is -0.449 e. The lowest BCUT2D eigenvalue weighted by molar-refractivity contribution is -0.130. The molecule has 2 aliphatic rings. The summed E-state index contributed by atoms with van der Waals surface area (Å²) < 4.78 is 5.36. The molecule has 0 aromatic heterocycles. The van der Waals surface area contributed by atoms with Crippen LogP contribution >= 0.6 is 0 Å². The van der Waals surface area contributed by atoms with E-state index in [0.717, 1.165) is 38.5 Å². The Labute approximate surface area is 154 Å². The van der Waals surface area contributed by atoms with Crippen LogP contribution in [0.2, 0.25) is 0 Å². The van der Waals surface area contributed by atoms with Crippen LogP contribution in [0.5, 0.6) is 0 Å². The zero-order valence-corrected chi connectivity index (χ0v) is 15.3. The number of hydrogen-bond acceptors (Lipinski definition) is 4. The van der Waals surface area contributed by atoms with Crippen molar-refractivity contribution in [2.45, 2.75) is 76.4 Å². The summed E-state index contributed by atoms with van der Waals surface area (Å²) in [6, 6.07) is 7.90. The number of rotatable bonds is 4. The molecule has 26 heavy (non-hydrogen) atoms. The summed E-state index contributed by atoms with van der Waals surface area (Å²) in [5.41, 5.74) is 2.17. The molecule has 5 nitrogen and oxygen atoms in total. The average molecular weight is 354 g/mol. The lowest BCUT2D eigenvalue weighted by Gasteiger charge is -2.32. The molecule has 2 aliphatic carbocycles. The molecule has 1 atom stereocenters. The second-order valence-electron chi connectivity index (χ2n) is 7.48. The molecule has 0 bridgehead atoms. The van der Waals surface area contributed by atoms with E-state index < -0.39 is 23.5 Å². The van der Waals surface area contributed by atoms with E-state index in [1.807, 2.05) is 12.1 Å². The fourth-order valence-electron chi connectivity index (χ4n) is 3.90. The molecule has 3 rings (SSSR count). The molecule has 0 unspecified atom stereocenters. The lowest BCUT2D eigenvalue weighted by Crippen LogP contribution is -2.52. The molecule has 1 aromatic carbocycles. The molecular weight excluding hydrogens is 328 g/mol. The molecule has 0 spiro atoms. The van der Waals surface area contributed by atoms with E-state index in [4.69, 9.17) is 4.74 Å². The highest BCUT2D eigenvalue weighted by Gasteiger charge is 2.35. The van der Waals surface area contributed by atoms with Crippen molar-refractivity contribution in [2.24, 2.45) is 0 Å². The fraction of sp³-hybridized carbons (Fsp3) is 0.571. The van der Waals surface area contributed by atoms with E-state index in [1.165, 1.54) is 17.5 Å². The summed E-state index contributed by atoms with van der Waals surface area (Å²) in [4.78, 5) is 24.9. The Hall–Kier alpha value is -2.35.